The second-order valence-corrected chi connectivity index (χ2v) is 4.83. The number of rotatable bonds is 2. The molecule has 5 heteroatoms. The van der Waals surface area contributed by atoms with E-state index in [4.69, 9.17) is 12.2 Å². The molecule has 1 aromatic carbocycles. The zero-order valence-corrected chi connectivity index (χ0v) is 11.2. The van der Waals surface area contributed by atoms with Crippen LogP contribution in [0.2, 0.25) is 0 Å². The number of imidazole rings is 2. The zero-order valence-electron chi connectivity index (χ0n) is 10.3. The second-order valence-electron chi connectivity index (χ2n) is 4.44. The highest BCUT2D eigenvalue weighted by Crippen LogP contribution is 2.18. The van der Waals surface area contributed by atoms with E-state index in [0.717, 1.165) is 21.6 Å². The van der Waals surface area contributed by atoms with Crippen LogP contribution in [0.25, 0.3) is 11.0 Å². The minimum Gasteiger partial charge on any atom is -0.337 e. The number of nitrogens with zero attached hydrogens (tertiary/aromatic N) is 3. The third-order valence-electron chi connectivity index (χ3n) is 3.24. The van der Waals surface area contributed by atoms with Crippen molar-refractivity contribution in [2.75, 3.05) is 0 Å². The molecule has 0 aliphatic carbocycles. The Labute approximate surface area is 110 Å². The van der Waals surface area contributed by atoms with E-state index < -0.39 is 0 Å². The summed E-state index contributed by atoms with van der Waals surface area (Å²) >= 11 is 5.40. The van der Waals surface area contributed by atoms with Crippen LogP contribution in [0.1, 0.15) is 11.4 Å². The van der Waals surface area contributed by atoms with Gasteiger partial charge in [-0.05, 0) is 30.8 Å². The summed E-state index contributed by atoms with van der Waals surface area (Å²) in [5, 5.41) is 0. The Morgan fingerprint density at radius 2 is 2.22 bits per heavy atom. The van der Waals surface area contributed by atoms with Crippen LogP contribution in [0.5, 0.6) is 0 Å². The first-order valence-corrected chi connectivity index (χ1v) is 6.22. The molecule has 0 unspecified atom stereocenters. The van der Waals surface area contributed by atoms with Gasteiger partial charge in [0.25, 0.3) is 0 Å². The van der Waals surface area contributed by atoms with Gasteiger partial charge in [-0.3, -0.25) is 0 Å². The van der Waals surface area contributed by atoms with E-state index in [1.807, 2.05) is 17.8 Å². The van der Waals surface area contributed by atoms with E-state index in [2.05, 4.69) is 39.7 Å². The van der Waals surface area contributed by atoms with Gasteiger partial charge in [-0.15, -0.1) is 0 Å². The van der Waals surface area contributed by atoms with Gasteiger partial charge in [0.05, 0.1) is 17.6 Å². The molecule has 0 radical (unpaired) electrons. The molecule has 0 fully saturated rings. The standard InChI is InChI=1S/C13H14N4S/c1-9-4-3-5-10-12(9)15-13(18)17(10)8-11-14-6-7-16(11)2/h3-7H,8H2,1-2H3,(H,15,18). The third kappa shape index (κ3) is 1.67. The molecule has 18 heavy (non-hydrogen) atoms. The van der Waals surface area contributed by atoms with Crippen molar-refractivity contribution in [2.45, 2.75) is 13.5 Å². The lowest BCUT2D eigenvalue weighted by atomic mass is 10.2. The quantitative estimate of drug-likeness (QED) is 0.718. The molecular weight excluding hydrogens is 244 g/mol. The number of nitrogens with one attached hydrogen (secondary N) is 1. The van der Waals surface area contributed by atoms with Crippen LogP contribution in [0.3, 0.4) is 0 Å². The number of hydrogen-bond acceptors (Lipinski definition) is 2. The van der Waals surface area contributed by atoms with E-state index in [0.29, 0.717) is 6.54 Å². The van der Waals surface area contributed by atoms with E-state index >= 15 is 0 Å². The topological polar surface area (TPSA) is 38.5 Å². The summed E-state index contributed by atoms with van der Waals surface area (Å²) in [6.45, 7) is 2.77. The minimum atomic E-state index is 0.686. The summed E-state index contributed by atoms with van der Waals surface area (Å²) in [6, 6.07) is 6.21. The summed E-state index contributed by atoms with van der Waals surface area (Å²) in [5.74, 6) is 0.994. The molecule has 3 aromatic rings. The van der Waals surface area contributed by atoms with Crippen molar-refractivity contribution >= 4 is 23.3 Å². The van der Waals surface area contributed by atoms with Crippen molar-refractivity contribution in [1.29, 1.82) is 0 Å². The Hall–Kier alpha value is -1.88. The predicted octanol–water partition coefficient (Wildman–Crippen LogP) is 2.79. The molecule has 4 nitrogen and oxygen atoms in total. The first-order valence-electron chi connectivity index (χ1n) is 5.81. The Bertz CT molecular complexity index is 763. The largest absolute Gasteiger partial charge is 0.337 e. The molecule has 0 saturated carbocycles. The molecule has 0 aliphatic heterocycles. The van der Waals surface area contributed by atoms with Gasteiger partial charge in [0.15, 0.2) is 4.77 Å². The van der Waals surface area contributed by atoms with Gasteiger partial charge in [-0.1, -0.05) is 12.1 Å². The number of benzene rings is 1. The van der Waals surface area contributed by atoms with Crippen LogP contribution in [-0.2, 0) is 13.6 Å². The lowest BCUT2D eigenvalue weighted by Gasteiger charge is -2.05. The molecule has 0 spiro atoms. The molecular formula is C13H14N4S. The van der Waals surface area contributed by atoms with Crippen LogP contribution < -0.4 is 0 Å². The van der Waals surface area contributed by atoms with Gasteiger partial charge < -0.3 is 14.1 Å². The van der Waals surface area contributed by atoms with Gasteiger partial charge in [-0.25, -0.2) is 4.98 Å². The average Bonchev–Trinajstić information content (AvgIpc) is 2.87. The fraction of sp³-hybridized carbons (Fsp3) is 0.231. The monoisotopic (exact) mass is 258 g/mol. The predicted molar refractivity (Wildman–Crippen MR) is 74.2 cm³/mol. The lowest BCUT2D eigenvalue weighted by Crippen LogP contribution is -2.05. The number of aryl methyl sites for hydroxylation is 2. The Kier molecular flexibility index (Phi) is 2.56. The lowest BCUT2D eigenvalue weighted by molar-refractivity contribution is 0.707. The summed E-state index contributed by atoms with van der Waals surface area (Å²) in [5.41, 5.74) is 3.44. The number of aromatic nitrogens is 4. The first kappa shape index (κ1) is 11.2. The van der Waals surface area contributed by atoms with Crippen molar-refractivity contribution in [3.05, 3.63) is 46.8 Å². The van der Waals surface area contributed by atoms with E-state index in [-0.39, 0.29) is 0 Å². The molecule has 2 aromatic heterocycles. The molecule has 0 saturated heterocycles. The van der Waals surface area contributed by atoms with Crippen LogP contribution >= 0.6 is 12.2 Å². The molecule has 1 N–H and O–H groups in total. The molecule has 3 rings (SSSR count). The number of hydrogen-bond donors (Lipinski definition) is 1. The van der Waals surface area contributed by atoms with Gasteiger partial charge in [0, 0.05) is 19.4 Å². The van der Waals surface area contributed by atoms with Crippen molar-refractivity contribution in [3.8, 4) is 0 Å². The van der Waals surface area contributed by atoms with Crippen LogP contribution in [-0.4, -0.2) is 19.1 Å². The highest BCUT2D eigenvalue weighted by atomic mass is 32.1. The van der Waals surface area contributed by atoms with Gasteiger partial charge >= 0.3 is 0 Å². The highest BCUT2D eigenvalue weighted by Gasteiger charge is 2.08. The smallest absolute Gasteiger partial charge is 0.178 e. The number of para-hydroxylation sites is 1. The average molecular weight is 258 g/mol. The van der Waals surface area contributed by atoms with Gasteiger partial charge in [-0.2, -0.15) is 0 Å². The Morgan fingerprint density at radius 1 is 1.39 bits per heavy atom. The van der Waals surface area contributed by atoms with Crippen LogP contribution in [0.15, 0.2) is 30.6 Å². The number of H-pyrrole nitrogens is 1. The Morgan fingerprint density at radius 3 is 2.94 bits per heavy atom. The fourth-order valence-electron chi connectivity index (χ4n) is 2.17. The summed E-state index contributed by atoms with van der Waals surface area (Å²) in [4.78, 5) is 7.61. The highest BCUT2D eigenvalue weighted by molar-refractivity contribution is 7.71. The Balaban J connectivity index is 2.18. The zero-order chi connectivity index (χ0) is 12.7. The van der Waals surface area contributed by atoms with E-state index in [9.17, 15) is 0 Å². The van der Waals surface area contributed by atoms with Crippen molar-refractivity contribution in [3.63, 3.8) is 0 Å². The number of fused-ring (bicyclic) bond motifs is 1. The number of aromatic amines is 1. The normalized spacial score (nSPS) is 11.2. The van der Waals surface area contributed by atoms with Gasteiger partial charge in [0.1, 0.15) is 5.82 Å². The molecule has 2 heterocycles. The molecule has 0 amide bonds. The summed E-state index contributed by atoms with van der Waals surface area (Å²) < 4.78 is 4.83. The van der Waals surface area contributed by atoms with Crippen LogP contribution in [0.4, 0.5) is 0 Å². The first-order chi connectivity index (χ1) is 8.66. The van der Waals surface area contributed by atoms with Gasteiger partial charge in [0.2, 0.25) is 0 Å². The van der Waals surface area contributed by atoms with Crippen LogP contribution in [0, 0.1) is 11.7 Å². The molecule has 92 valence electrons. The minimum absolute atomic E-state index is 0.686. The van der Waals surface area contributed by atoms with Crippen molar-refractivity contribution in [1.82, 2.24) is 19.1 Å². The van der Waals surface area contributed by atoms with E-state index in [1.165, 1.54) is 5.56 Å². The maximum atomic E-state index is 5.40. The summed E-state index contributed by atoms with van der Waals surface area (Å²) in [7, 11) is 1.99. The summed E-state index contributed by atoms with van der Waals surface area (Å²) in [6.07, 6.45) is 3.75. The maximum Gasteiger partial charge on any atom is 0.178 e. The maximum absolute atomic E-state index is 5.40. The molecule has 0 bridgehead atoms. The SMILES string of the molecule is Cc1cccc2c1[nH]c(=S)n2Cc1nccn1C. The van der Waals surface area contributed by atoms with Crippen molar-refractivity contribution in [2.24, 2.45) is 7.05 Å². The molecule has 0 atom stereocenters. The third-order valence-corrected chi connectivity index (χ3v) is 3.56. The fourth-order valence-corrected chi connectivity index (χ4v) is 2.44. The van der Waals surface area contributed by atoms with Crippen molar-refractivity contribution < 1.29 is 0 Å². The van der Waals surface area contributed by atoms with E-state index in [1.54, 1.807) is 6.20 Å². The second kappa shape index (κ2) is 4.10. The molecule has 0 aliphatic rings.